The Hall–Kier alpha value is -3.23. The molecule has 3 aromatic rings. The van der Waals surface area contributed by atoms with Crippen molar-refractivity contribution in [3.63, 3.8) is 0 Å². The summed E-state index contributed by atoms with van der Waals surface area (Å²) in [6, 6.07) is 18.0. The van der Waals surface area contributed by atoms with Gasteiger partial charge in [0, 0.05) is 28.2 Å². The molecule has 1 aromatic heterocycles. The largest absolute Gasteiger partial charge is 0.493 e. The number of fused-ring (bicyclic) bond motifs is 3. The maximum absolute atomic E-state index is 13.3. The highest BCUT2D eigenvalue weighted by molar-refractivity contribution is 6.30. The van der Waals surface area contributed by atoms with Crippen molar-refractivity contribution in [2.24, 2.45) is 11.8 Å². The number of aromatic nitrogens is 1. The number of aryl methyl sites for hydroxylation is 1. The van der Waals surface area contributed by atoms with Gasteiger partial charge in [0.15, 0.2) is 0 Å². The molecule has 1 unspecified atom stereocenters. The average molecular weight is 639 g/mol. The fourth-order valence-electron chi connectivity index (χ4n) is 8.20. The van der Waals surface area contributed by atoms with Crippen LogP contribution in [0.5, 0.6) is 5.75 Å². The smallest absolute Gasteiger partial charge is 0.345 e. The first-order valence-corrected chi connectivity index (χ1v) is 16.4. The molecule has 3 aliphatic rings. The summed E-state index contributed by atoms with van der Waals surface area (Å²) in [5.74, 6) is 0.919. The molecule has 1 saturated carbocycles. The van der Waals surface area contributed by atoms with Crippen molar-refractivity contribution < 1.29 is 27.8 Å². The summed E-state index contributed by atoms with van der Waals surface area (Å²) in [6.07, 6.45) is 7.86. The second kappa shape index (κ2) is 13.2. The third-order valence-electron chi connectivity index (χ3n) is 10.3. The van der Waals surface area contributed by atoms with Crippen LogP contribution in [0.15, 0.2) is 60.8 Å². The Balaban J connectivity index is 1.19. The minimum Gasteiger partial charge on any atom is -0.493 e. The van der Waals surface area contributed by atoms with Crippen LogP contribution in [0.25, 0.3) is 0 Å². The van der Waals surface area contributed by atoms with Crippen LogP contribution in [0.2, 0.25) is 5.02 Å². The van der Waals surface area contributed by atoms with Crippen LogP contribution in [-0.2, 0) is 32.5 Å². The molecule has 1 spiro atoms. The molecule has 0 amide bonds. The number of methoxy groups -OCH3 is 1. The van der Waals surface area contributed by atoms with Crippen LogP contribution >= 0.6 is 11.6 Å². The van der Waals surface area contributed by atoms with E-state index in [1.54, 1.807) is 12.3 Å². The first-order chi connectivity index (χ1) is 21.7. The van der Waals surface area contributed by atoms with Crippen LogP contribution in [-0.4, -0.2) is 36.8 Å². The van der Waals surface area contributed by atoms with Gasteiger partial charge in [-0.25, -0.2) is 4.79 Å². The van der Waals surface area contributed by atoms with E-state index in [1.807, 2.05) is 24.3 Å². The Morgan fingerprint density at radius 3 is 2.67 bits per heavy atom. The molecule has 0 radical (unpaired) electrons. The zero-order valence-electron chi connectivity index (χ0n) is 25.9. The van der Waals surface area contributed by atoms with Crippen LogP contribution in [0.1, 0.15) is 80.4 Å². The lowest BCUT2D eigenvalue weighted by Crippen LogP contribution is -2.53. The SMILES string of the molecule is COC(=O)C1(Nc2cccc(Cl)c2)CCC2(CC1)c1ccccc1C[C@@H]2C[C@@H](C)COc1ccnc2c1C(OC(F)F)CCC2. The Kier molecular flexibility index (Phi) is 9.34. The van der Waals surface area contributed by atoms with Crippen LogP contribution in [0.4, 0.5) is 14.5 Å². The van der Waals surface area contributed by atoms with Crippen molar-refractivity contribution >= 4 is 23.3 Å². The molecule has 3 atom stereocenters. The number of halogens is 3. The number of carbonyl (C=O) groups is 1. The van der Waals surface area contributed by atoms with Crippen LogP contribution in [0.3, 0.4) is 0 Å². The molecular weight excluding hydrogens is 598 g/mol. The molecule has 0 aliphatic heterocycles. The van der Waals surface area contributed by atoms with Crippen molar-refractivity contribution in [1.82, 2.24) is 4.98 Å². The molecule has 2 aromatic carbocycles. The molecule has 0 saturated heterocycles. The van der Waals surface area contributed by atoms with E-state index in [0.717, 1.165) is 49.9 Å². The van der Waals surface area contributed by atoms with E-state index >= 15 is 0 Å². The third-order valence-corrected chi connectivity index (χ3v) is 10.5. The summed E-state index contributed by atoms with van der Waals surface area (Å²) in [5, 5.41) is 4.12. The number of ether oxygens (including phenoxy) is 3. The Morgan fingerprint density at radius 2 is 1.91 bits per heavy atom. The number of anilines is 1. The van der Waals surface area contributed by atoms with Gasteiger partial charge in [-0.2, -0.15) is 8.78 Å². The van der Waals surface area contributed by atoms with E-state index in [4.69, 9.17) is 25.8 Å². The average Bonchev–Trinajstić information content (AvgIpc) is 3.32. The van der Waals surface area contributed by atoms with Crippen molar-refractivity contribution in [3.8, 4) is 5.75 Å². The monoisotopic (exact) mass is 638 g/mol. The highest BCUT2D eigenvalue weighted by Crippen LogP contribution is 2.56. The summed E-state index contributed by atoms with van der Waals surface area (Å²) in [6.45, 7) is -0.189. The lowest BCUT2D eigenvalue weighted by molar-refractivity contribution is -0.168. The second-order valence-electron chi connectivity index (χ2n) is 13.0. The summed E-state index contributed by atoms with van der Waals surface area (Å²) >= 11 is 6.26. The van der Waals surface area contributed by atoms with Crippen molar-refractivity contribution in [2.45, 2.75) is 88.4 Å². The van der Waals surface area contributed by atoms with Gasteiger partial charge in [-0.05, 0) is 110 Å². The highest BCUT2D eigenvalue weighted by atomic mass is 35.5. The fourth-order valence-corrected chi connectivity index (χ4v) is 8.39. The molecule has 1 N–H and O–H groups in total. The van der Waals surface area contributed by atoms with E-state index in [0.29, 0.717) is 48.1 Å². The number of rotatable bonds is 10. The van der Waals surface area contributed by atoms with Gasteiger partial charge in [0.1, 0.15) is 11.3 Å². The Morgan fingerprint density at radius 1 is 1.11 bits per heavy atom. The second-order valence-corrected chi connectivity index (χ2v) is 13.5. The normalized spacial score (nSPS) is 26.3. The van der Waals surface area contributed by atoms with Gasteiger partial charge in [0.25, 0.3) is 0 Å². The standard InChI is InChI=1S/C36H41ClF2N2O4/c1-23(22-44-30-13-18-40-29-11-6-12-31(32(29)30)45-34(38)39)19-25-20-24-7-3-4-10-28(24)35(25)14-16-36(17-15-35,33(42)43-2)41-27-9-5-8-26(37)21-27/h3-5,7-10,13,18,21,23,25,31,34,41H,6,11-12,14-17,19-20,22H2,1-2H3/t23-,25+,31?,35?,36?/m1/s1. The van der Waals surface area contributed by atoms with Crippen molar-refractivity contribution in [2.75, 3.05) is 19.0 Å². The first kappa shape index (κ1) is 31.7. The molecule has 1 fully saturated rings. The number of nitrogens with one attached hydrogen (secondary N) is 1. The number of pyridine rings is 1. The van der Waals surface area contributed by atoms with Crippen LogP contribution in [0, 0.1) is 11.8 Å². The predicted octanol–water partition coefficient (Wildman–Crippen LogP) is 8.46. The molecule has 9 heteroatoms. The number of nitrogens with zero attached hydrogens (tertiary/aromatic N) is 1. The van der Waals surface area contributed by atoms with E-state index in [9.17, 15) is 13.6 Å². The molecule has 6 nitrogen and oxygen atoms in total. The summed E-state index contributed by atoms with van der Waals surface area (Å²) in [5.41, 5.74) is 4.11. The number of carbonyl (C=O) groups excluding carboxylic acids is 1. The Bertz CT molecular complexity index is 1510. The molecule has 3 aliphatic carbocycles. The zero-order valence-corrected chi connectivity index (χ0v) is 26.6. The molecular formula is C36H41ClF2N2O4. The molecule has 1 heterocycles. The number of alkyl halides is 2. The predicted molar refractivity (Wildman–Crippen MR) is 170 cm³/mol. The van der Waals surface area contributed by atoms with Gasteiger partial charge < -0.3 is 19.5 Å². The highest BCUT2D eigenvalue weighted by Gasteiger charge is 2.54. The molecule has 240 valence electrons. The summed E-state index contributed by atoms with van der Waals surface area (Å²) in [4.78, 5) is 17.7. The maximum Gasteiger partial charge on any atom is 0.345 e. The Labute approximate surface area is 268 Å². The fraction of sp³-hybridized carbons (Fsp3) is 0.500. The van der Waals surface area contributed by atoms with E-state index in [2.05, 4.69) is 41.5 Å². The molecule has 0 bridgehead atoms. The summed E-state index contributed by atoms with van der Waals surface area (Å²) < 4.78 is 43.0. The van der Waals surface area contributed by atoms with Gasteiger partial charge in [-0.3, -0.25) is 4.98 Å². The zero-order chi connectivity index (χ0) is 31.6. The lowest BCUT2D eigenvalue weighted by Gasteiger charge is -2.47. The number of esters is 1. The van der Waals surface area contributed by atoms with Crippen molar-refractivity contribution in [3.05, 3.63) is 88.2 Å². The maximum atomic E-state index is 13.3. The van der Waals surface area contributed by atoms with Crippen LogP contribution < -0.4 is 10.1 Å². The lowest BCUT2D eigenvalue weighted by atomic mass is 9.59. The molecule has 45 heavy (non-hydrogen) atoms. The summed E-state index contributed by atoms with van der Waals surface area (Å²) in [7, 11) is 1.45. The third kappa shape index (κ3) is 6.41. The topological polar surface area (TPSA) is 69.7 Å². The minimum absolute atomic E-state index is 0.0651. The van der Waals surface area contributed by atoms with E-state index in [-0.39, 0.29) is 17.3 Å². The molecule has 6 rings (SSSR count). The van der Waals surface area contributed by atoms with Gasteiger partial charge in [-0.1, -0.05) is 48.9 Å². The van der Waals surface area contributed by atoms with Gasteiger partial charge in [0.05, 0.1) is 19.8 Å². The number of benzene rings is 2. The van der Waals surface area contributed by atoms with Gasteiger partial charge in [0.2, 0.25) is 0 Å². The van der Waals surface area contributed by atoms with Gasteiger partial charge >= 0.3 is 12.6 Å². The quantitative estimate of drug-likeness (QED) is 0.225. The van der Waals surface area contributed by atoms with E-state index in [1.165, 1.54) is 18.2 Å². The first-order valence-electron chi connectivity index (χ1n) is 16.0. The van der Waals surface area contributed by atoms with Gasteiger partial charge in [-0.15, -0.1) is 0 Å². The minimum atomic E-state index is -2.85. The van der Waals surface area contributed by atoms with E-state index < -0.39 is 18.3 Å². The number of hydrogen-bond acceptors (Lipinski definition) is 6. The van der Waals surface area contributed by atoms with Crippen molar-refractivity contribution in [1.29, 1.82) is 0 Å². The number of hydrogen-bond donors (Lipinski definition) is 1.